The van der Waals surface area contributed by atoms with Crippen LogP contribution in [0.2, 0.25) is 0 Å². The van der Waals surface area contributed by atoms with Crippen molar-refractivity contribution in [1.29, 1.82) is 0 Å². The van der Waals surface area contributed by atoms with Crippen molar-refractivity contribution < 1.29 is 14.2 Å². The zero-order chi connectivity index (χ0) is 13.3. The van der Waals surface area contributed by atoms with E-state index in [1.54, 1.807) is 7.11 Å². The van der Waals surface area contributed by atoms with Crippen LogP contribution in [0, 0.1) is 5.92 Å². The molecule has 2 fully saturated rings. The van der Waals surface area contributed by atoms with Gasteiger partial charge < -0.3 is 19.5 Å². The van der Waals surface area contributed by atoms with Crippen LogP contribution in [0.5, 0.6) is 0 Å². The summed E-state index contributed by atoms with van der Waals surface area (Å²) >= 11 is 0. The third kappa shape index (κ3) is 6.19. The third-order valence-corrected chi connectivity index (χ3v) is 3.84. The highest BCUT2D eigenvalue weighted by atomic mass is 16.5. The normalized spacial score (nSPS) is 24.8. The monoisotopic (exact) mass is 272 g/mol. The molecule has 0 aromatic heterocycles. The minimum Gasteiger partial charge on any atom is -0.382 e. The maximum atomic E-state index is 5.60. The van der Waals surface area contributed by atoms with Crippen molar-refractivity contribution in [2.24, 2.45) is 5.92 Å². The van der Waals surface area contributed by atoms with Crippen LogP contribution in [0.4, 0.5) is 0 Å². The molecule has 112 valence electrons. The molecule has 1 atom stereocenters. The molecular weight excluding hydrogens is 244 g/mol. The van der Waals surface area contributed by atoms with Gasteiger partial charge in [-0.3, -0.25) is 4.90 Å². The van der Waals surface area contributed by atoms with Gasteiger partial charge in [0.1, 0.15) is 0 Å². The van der Waals surface area contributed by atoms with Gasteiger partial charge in [0, 0.05) is 39.3 Å². The Labute approximate surface area is 116 Å². The Morgan fingerprint density at radius 3 is 2.53 bits per heavy atom. The van der Waals surface area contributed by atoms with E-state index in [4.69, 9.17) is 14.2 Å². The topological polar surface area (TPSA) is 43.0 Å². The minimum absolute atomic E-state index is 0.653. The maximum absolute atomic E-state index is 5.60. The SMILES string of the molecule is COCCOCCOCCN1CCNC(C2CC2)C1. The summed E-state index contributed by atoms with van der Waals surface area (Å²) in [6, 6.07) is 0.728. The molecule has 0 radical (unpaired) electrons. The lowest BCUT2D eigenvalue weighted by Crippen LogP contribution is -2.52. The molecule has 0 spiro atoms. The van der Waals surface area contributed by atoms with Gasteiger partial charge in [-0.15, -0.1) is 0 Å². The lowest BCUT2D eigenvalue weighted by Gasteiger charge is -2.33. The summed E-state index contributed by atoms with van der Waals surface area (Å²) in [4.78, 5) is 2.52. The molecule has 1 saturated heterocycles. The van der Waals surface area contributed by atoms with Crippen LogP contribution in [0.15, 0.2) is 0 Å². The number of ether oxygens (including phenoxy) is 3. The molecule has 2 rings (SSSR count). The fourth-order valence-corrected chi connectivity index (χ4v) is 2.52. The maximum Gasteiger partial charge on any atom is 0.0701 e. The molecule has 1 N–H and O–H groups in total. The van der Waals surface area contributed by atoms with E-state index in [1.165, 1.54) is 19.4 Å². The van der Waals surface area contributed by atoms with Crippen LogP contribution in [0.1, 0.15) is 12.8 Å². The van der Waals surface area contributed by atoms with Gasteiger partial charge in [-0.1, -0.05) is 0 Å². The Morgan fingerprint density at radius 1 is 1.05 bits per heavy atom. The number of hydrogen-bond acceptors (Lipinski definition) is 5. The molecule has 1 aliphatic carbocycles. The van der Waals surface area contributed by atoms with Crippen molar-refractivity contribution in [2.45, 2.75) is 18.9 Å². The molecule has 0 aromatic rings. The number of hydrogen-bond donors (Lipinski definition) is 1. The lowest BCUT2D eigenvalue weighted by molar-refractivity contribution is 0.0175. The van der Waals surface area contributed by atoms with Gasteiger partial charge in [-0.05, 0) is 18.8 Å². The van der Waals surface area contributed by atoms with E-state index in [-0.39, 0.29) is 0 Å². The molecular formula is C14H28N2O3. The number of piperazine rings is 1. The van der Waals surface area contributed by atoms with Gasteiger partial charge in [0.15, 0.2) is 0 Å². The molecule has 0 aromatic carbocycles. The number of methoxy groups -OCH3 is 1. The molecule has 1 saturated carbocycles. The fraction of sp³-hybridized carbons (Fsp3) is 1.00. The second-order valence-corrected chi connectivity index (χ2v) is 5.42. The zero-order valence-corrected chi connectivity index (χ0v) is 12.1. The fourth-order valence-electron chi connectivity index (χ4n) is 2.52. The van der Waals surface area contributed by atoms with Gasteiger partial charge in [-0.2, -0.15) is 0 Å². The molecule has 0 bridgehead atoms. The largest absolute Gasteiger partial charge is 0.382 e. The van der Waals surface area contributed by atoms with E-state index < -0.39 is 0 Å². The first-order chi connectivity index (χ1) is 9.40. The third-order valence-electron chi connectivity index (χ3n) is 3.84. The zero-order valence-electron chi connectivity index (χ0n) is 12.1. The van der Waals surface area contributed by atoms with Gasteiger partial charge in [0.25, 0.3) is 0 Å². The van der Waals surface area contributed by atoms with Crippen LogP contribution in [-0.4, -0.2) is 77.3 Å². The summed E-state index contributed by atoms with van der Waals surface area (Å²) in [5.41, 5.74) is 0. The highest BCUT2D eigenvalue weighted by Gasteiger charge is 2.33. The average molecular weight is 272 g/mol. The van der Waals surface area contributed by atoms with Crippen LogP contribution in [0.25, 0.3) is 0 Å². The molecule has 2 aliphatic rings. The summed E-state index contributed by atoms with van der Waals surface area (Å²) in [5.74, 6) is 0.943. The van der Waals surface area contributed by atoms with Crippen LogP contribution in [0.3, 0.4) is 0 Å². The predicted octanol–water partition coefficient (Wildman–Crippen LogP) is 0.350. The Bertz CT molecular complexity index is 237. The van der Waals surface area contributed by atoms with Crippen molar-refractivity contribution in [3.05, 3.63) is 0 Å². The second kappa shape index (κ2) is 8.87. The minimum atomic E-state index is 0.653. The van der Waals surface area contributed by atoms with E-state index in [0.29, 0.717) is 26.4 Å². The van der Waals surface area contributed by atoms with Gasteiger partial charge >= 0.3 is 0 Å². The van der Waals surface area contributed by atoms with Crippen LogP contribution >= 0.6 is 0 Å². The number of nitrogens with zero attached hydrogens (tertiary/aromatic N) is 1. The molecule has 0 amide bonds. The Kier molecular flexibility index (Phi) is 7.09. The molecule has 5 nitrogen and oxygen atoms in total. The van der Waals surface area contributed by atoms with Gasteiger partial charge in [0.2, 0.25) is 0 Å². The Hall–Kier alpha value is -0.200. The number of rotatable bonds is 10. The first kappa shape index (κ1) is 15.2. The molecule has 1 aliphatic heterocycles. The van der Waals surface area contributed by atoms with Crippen LogP contribution in [-0.2, 0) is 14.2 Å². The Balaban J connectivity index is 1.42. The van der Waals surface area contributed by atoms with Crippen molar-refractivity contribution in [1.82, 2.24) is 10.2 Å². The van der Waals surface area contributed by atoms with Gasteiger partial charge in [-0.25, -0.2) is 0 Å². The molecule has 5 heteroatoms. The Morgan fingerprint density at radius 2 is 1.79 bits per heavy atom. The summed E-state index contributed by atoms with van der Waals surface area (Å²) in [6.45, 7) is 7.98. The van der Waals surface area contributed by atoms with E-state index in [1.807, 2.05) is 0 Å². The summed E-state index contributed by atoms with van der Waals surface area (Å²) in [7, 11) is 1.68. The van der Waals surface area contributed by atoms with E-state index in [0.717, 1.165) is 38.2 Å². The second-order valence-electron chi connectivity index (χ2n) is 5.42. The highest BCUT2D eigenvalue weighted by molar-refractivity contribution is 4.91. The highest BCUT2D eigenvalue weighted by Crippen LogP contribution is 2.33. The van der Waals surface area contributed by atoms with Crippen molar-refractivity contribution >= 4 is 0 Å². The smallest absolute Gasteiger partial charge is 0.0701 e. The predicted molar refractivity (Wildman–Crippen MR) is 74.5 cm³/mol. The summed E-state index contributed by atoms with van der Waals surface area (Å²) in [6.07, 6.45) is 2.83. The van der Waals surface area contributed by atoms with E-state index in [2.05, 4.69) is 10.2 Å². The summed E-state index contributed by atoms with van der Waals surface area (Å²) in [5, 5.41) is 3.63. The molecule has 1 heterocycles. The quantitative estimate of drug-likeness (QED) is 0.581. The lowest BCUT2D eigenvalue weighted by atomic mass is 10.1. The number of nitrogens with one attached hydrogen (secondary N) is 1. The van der Waals surface area contributed by atoms with E-state index in [9.17, 15) is 0 Å². The summed E-state index contributed by atoms with van der Waals surface area (Å²) < 4.78 is 15.9. The average Bonchev–Trinajstić information content (AvgIpc) is 3.27. The van der Waals surface area contributed by atoms with E-state index >= 15 is 0 Å². The van der Waals surface area contributed by atoms with Gasteiger partial charge in [0.05, 0.1) is 33.0 Å². The van der Waals surface area contributed by atoms with Crippen molar-refractivity contribution in [3.8, 4) is 0 Å². The van der Waals surface area contributed by atoms with Crippen molar-refractivity contribution in [2.75, 3.05) is 66.3 Å². The molecule has 1 unspecified atom stereocenters. The van der Waals surface area contributed by atoms with Crippen molar-refractivity contribution in [3.63, 3.8) is 0 Å². The first-order valence-corrected chi connectivity index (χ1v) is 7.50. The van der Waals surface area contributed by atoms with Crippen LogP contribution < -0.4 is 5.32 Å². The standard InChI is InChI=1S/C14H28N2O3/c1-17-8-9-19-11-10-18-7-6-16-5-4-15-14(12-16)13-2-3-13/h13-15H,2-12H2,1H3. The first-order valence-electron chi connectivity index (χ1n) is 7.50. The molecule has 19 heavy (non-hydrogen) atoms.